The Kier molecular flexibility index (Phi) is 7.56. The Bertz CT molecular complexity index is 420. The molecule has 0 N–H and O–H groups in total. The molecule has 1 aromatic rings. The van der Waals surface area contributed by atoms with Crippen molar-refractivity contribution in [2.24, 2.45) is 0 Å². The topological polar surface area (TPSA) is 63.2 Å². The van der Waals surface area contributed by atoms with Crippen molar-refractivity contribution in [3.8, 4) is 11.5 Å². The molecule has 21 heavy (non-hydrogen) atoms. The van der Waals surface area contributed by atoms with E-state index in [1.807, 2.05) is 6.92 Å². The summed E-state index contributed by atoms with van der Waals surface area (Å²) in [4.78, 5) is 11.8. The maximum absolute atomic E-state index is 11.8. The van der Waals surface area contributed by atoms with Crippen molar-refractivity contribution < 1.29 is 28.5 Å². The molecule has 0 aliphatic heterocycles. The molecule has 0 fully saturated rings. The summed E-state index contributed by atoms with van der Waals surface area (Å²) in [6.07, 6.45) is 0.615. The van der Waals surface area contributed by atoms with Gasteiger partial charge in [0.25, 0.3) is 0 Å². The lowest BCUT2D eigenvalue weighted by Gasteiger charge is -2.16. The second-order valence-corrected chi connectivity index (χ2v) is 4.32. The molecular formula is C15H22O6. The molecule has 1 atom stereocenters. The number of carbonyl (C=O) groups is 1. The molecule has 0 spiro atoms. The molecule has 0 bridgehead atoms. The van der Waals surface area contributed by atoms with Crippen molar-refractivity contribution in [3.05, 3.63) is 23.8 Å². The molecule has 1 aromatic carbocycles. The molecule has 0 amide bonds. The van der Waals surface area contributed by atoms with Crippen molar-refractivity contribution in [1.82, 2.24) is 0 Å². The fourth-order valence-electron chi connectivity index (χ4n) is 1.90. The Hall–Kier alpha value is -1.79. The van der Waals surface area contributed by atoms with Crippen LogP contribution in [0.1, 0.15) is 24.8 Å². The van der Waals surface area contributed by atoms with Gasteiger partial charge in [0.1, 0.15) is 11.5 Å². The number of benzene rings is 1. The normalized spacial score (nSPS) is 11.8. The van der Waals surface area contributed by atoms with Crippen LogP contribution in [0.15, 0.2) is 18.2 Å². The zero-order chi connectivity index (χ0) is 15.7. The molecule has 6 nitrogen and oxygen atoms in total. The van der Waals surface area contributed by atoms with Gasteiger partial charge in [-0.25, -0.2) is 0 Å². The molecule has 118 valence electrons. The first-order valence-corrected chi connectivity index (χ1v) is 6.62. The van der Waals surface area contributed by atoms with E-state index >= 15 is 0 Å². The summed E-state index contributed by atoms with van der Waals surface area (Å²) in [7, 11) is 4.45. The van der Waals surface area contributed by atoms with Gasteiger partial charge in [0.2, 0.25) is 0 Å². The Morgan fingerprint density at radius 3 is 1.90 bits per heavy atom. The van der Waals surface area contributed by atoms with E-state index in [0.29, 0.717) is 17.9 Å². The van der Waals surface area contributed by atoms with Crippen LogP contribution in [-0.4, -0.2) is 40.9 Å². The van der Waals surface area contributed by atoms with Gasteiger partial charge in [0, 0.05) is 20.3 Å². The highest BCUT2D eigenvalue weighted by molar-refractivity contribution is 5.78. The minimum absolute atomic E-state index is 0.113. The van der Waals surface area contributed by atoms with E-state index in [9.17, 15) is 4.79 Å². The zero-order valence-electron chi connectivity index (χ0n) is 12.9. The number of hydrogen-bond donors (Lipinski definition) is 0. The minimum atomic E-state index is -0.369. The van der Waals surface area contributed by atoms with Gasteiger partial charge in [-0.3, -0.25) is 4.79 Å². The summed E-state index contributed by atoms with van der Waals surface area (Å²) in [6.45, 7) is 2.14. The van der Waals surface area contributed by atoms with Gasteiger partial charge in [0.15, 0.2) is 13.6 Å². The van der Waals surface area contributed by atoms with Crippen LogP contribution in [0, 0.1) is 0 Å². The average molecular weight is 298 g/mol. The second kappa shape index (κ2) is 9.20. The molecule has 0 aliphatic rings. The lowest BCUT2D eigenvalue weighted by Crippen LogP contribution is -2.14. The predicted octanol–water partition coefficient (Wildman–Crippen LogP) is 2.32. The van der Waals surface area contributed by atoms with Gasteiger partial charge >= 0.3 is 5.97 Å². The molecule has 0 heterocycles. The van der Waals surface area contributed by atoms with Gasteiger partial charge in [-0.2, -0.15) is 0 Å². The molecule has 0 saturated carbocycles. The molecule has 0 aliphatic carbocycles. The first-order chi connectivity index (χ1) is 10.2. The van der Waals surface area contributed by atoms with Gasteiger partial charge in [0.05, 0.1) is 13.0 Å². The first-order valence-electron chi connectivity index (χ1n) is 6.62. The Morgan fingerprint density at radius 2 is 1.52 bits per heavy atom. The van der Waals surface area contributed by atoms with E-state index in [1.165, 1.54) is 21.3 Å². The summed E-state index contributed by atoms with van der Waals surface area (Å²) in [6, 6.07) is 5.28. The zero-order valence-corrected chi connectivity index (χ0v) is 12.9. The summed E-state index contributed by atoms with van der Waals surface area (Å²) >= 11 is 0. The van der Waals surface area contributed by atoms with Gasteiger partial charge in [-0.15, -0.1) is 0 Å². The largest absolute Gasteiger partial charge is 0.469 e. The third-order valence-electron chi connectivity index (χ3n) is 2.89. The van der Waals surface area contributed by atoms with Crippen LogP contribution < -0.4 is 9.47 Å². The van der Waals surface area contributed by atoms with E-state index in [2.05, 4.69) is 0 Å². The summed E-state index contributed by atoms with van der Waals surface area (Å²) in [5.41, 5.74) is 0.768. The third kappa shape index (κ3) is 5.24. The van der Waals surface area contributed by atoms with Crippen molar-refractivity contribution in [2.75, 3.05) is 34.9 Å². The SMILES string of the molecule is CCC(C(=O)OC)c1cc(OCOC)cc(OCOC)c1. The molecule has 0 radical (unpaired) electrons. The predicted molar refractivity (Wildman–Crippen MR) is 76.5 cm³/mol. The van der Waals surface area contributed by atoms with Gasteiger partial charge in [-0.05, 0) is 24.1 Å². The van der Waals surface area contributed by atoms with Crippen LogP contribution in [0.2, 0.25) is 0 Å². The van der Waals surface area contributed by atoms with E-state index in [4.69, 9.17) is 23.7 Å². The standard InChI is InChI=1S/C15H22O6/c1-5-14(15(16)19-4)11-6-12(20-9-17-2)8-13(7-11)21-10-18-3/h6-8,14H,5,9-10H2,1-4H3. The summed E-state index contributed by atoms with van der Waals surface area (Å²) in [5.74, 6) is 0.454. The van der Waals surface area contributed by atoms with Crippen LogP contribution >= 0.6 is 0 Å². The van der Waals surface area contributed by atoms with Gasteiger partial charge < -0.3 is 23.7 Å². The van der Waals surface area contributed by atoms with Crippen LogP contribution in [-0.2, 0) is 19.0 Å². The number of carbonyl (C=O) groups excluding carboxylic acids is 1. The molecule has 0 saturated heterocycles. The van der Waals surface area contributed by atoms with E-state index in [-0.39, 0.29) is 25.5 Å². The fraction of sp³-hybridized carbons (Fsp3) is 0.533. The lowest BCUT2D eigenvalue weighted by atomic mass is 9.96. The van der Waals surface area contributed by atoms with E-state index in [1.54, 1.807) is 18.2 Å². The molecule has 6 heteroatoms. The smallest absolute Gasteiger partial charge is 0.313 e. The van der Waals surface area contributed by atoms with Crippen LogP contribution in [0.5, 0.6) is 11.5 Å². The van der Waals surface area contributed by atoms with Crippen LogP contribution in [0.4, 0.5) is 0 Å². The number of ether oxygens (including phenoxy) is 5. The number of rotatable bonds is 9. The fourth-order valence-corrected chi connectivity index (χ4v) is 1.90. The highest BCUT2D eigenvalue weighted by Crippen LogP contribution is 2.30. The minimum Gasteiger partial charge on any atom is -0.469 e. The van der Waals surface area contributed by atoms with E-state index < -0.39 is 0 Å². The Balaban J connectivity index is 3.06. The quantitative estimate of drug-likeness (QED) is 0.515. The second-order valence-electron chi connectivity index (χ2n) is 4.32. The maximum Gasteiger partial charge on any atom is 0.313 e. The Labute approximate surface area is 124 Å². The van der Waals surface area contributed by atoms with Crippen molar-refractivity contribution in [1.29, 1.82) is 0 Å². The lowest BCUT2D eigenvalue weighted by molar-refractivity contribution is -0.142. The number of hydrogen-bond acceptors (Lipinski definition) is 6. The monoisotopic (exact) mass is 298 g/mol. The maximum atomic E-state index is 11.8. The highest BCUT2D eigenvalue weighted by atomic mass is 16.7. The number of methoxy groups -OCH3 is 3. The third-order valence-corrected chi connectivity index (χ3v) is 2.89. The number of esters is 1. The molecule has 1 rings (SSSR count). The summed E-state index contributed by atoms with van der Waals surface area (Å²) in [5, 5.41) is 0. The average Bonchev–Trinajstić information content (AvgIpc) is 2.51. The van der Waals surface area contributed by atoms with Crippen LogP contribution in [0.3, 0.4) is 0 Å². The molecule has 1 unspecified atom stereocenters. The molecular weight excluding hydrogens is 276 g/mol. The van der Waals surface area contributed by atoms with Crippen molar-refractivity contribution in [3.63, 3.8) is 0 Å². The first kappa shape index (κ1) is 17.3. The highest BCUT2D eigenvalue weighted by Gasteiger charge is 2.21. The van der Waals surface area contributed by atoms with Crippen LogP contribution in [0.25, 0.3) is 0 Å². The van der Waals surface area contributed by atoms with E-state index in [0.717, 1.165) is 5.56 Å². The molecule has 0 aromatic heterocycles. The Morgan fingerprint density at radius 1 is 1.00 bits per heavy atom. The summed E-state index contributed by atoms with van der Waals surface area (Å²) < 4.78 is 25.5. The van der Waals surface area contributed by atoms with Crippen molar-refractivity contribution in [2.45, 2.75) is 19.3 Å². The van der Waals surface area contributed by atoms with Crippen molar-refractivity contribution >= 4 is 5.97 Å². The van der Waals surface area contributed by atoms with Gasteiger partial charge in [-0.1, -0.05) is 6.92 Å².